The summed E-state index contributed by atoms with van der Waals surface area (Å²) in [5.41, 5.74) is 0.771. The first kappa shape index (κ1) is 14.7. The standard InChI is InChI=1S/C14H18N2O3S/c1-3-19-14(18)8-16(12-5-6-12)13(17)7-4-11-9-20-10(2)15-11/h4,7,9,12H,3,5-6,8H2,1-2H3. The van der Waals surface area contributed by atoms with Gasteiger partial charge in [0.05, 0.1) is 17.3 Å². The van der Waals surface area contributed by atoms with Gasteiger partial charge in [-0.2, -0.15) is 0 Å². The Labute approximate surface area is 122 Å². The van der Waals surface area contributed by atoms with Crippen molar-refractivity contribution in [2.75, 3.05) is 13.2 Å². The first-order valence-corrected chi connectivity index (χ1v) is 7.54. The number of hydrogen-bond acceptors (Lipinski definition) is 5. The summed E-state index contributed by atoms with van der Waals surface area (Å²) in [6, 6.07) is 0.175. The Morgan fingerprint density at radius 2 is 2.30 bits per heavy atom. The lowest BCUT2D eigenvalue weighted by atomic mass is 10.3. The zero-order valence-electron chi connectivity index (χ0n) is 11.7. The van der Waals surface area contributed by atoms with Gasteiger partial charge < -0.3 is 9.64 Å². The lowest BCUT2D eigenvalue weighted by Gasteiger charge is -2.19. The number of amides is 1. The number of aryl methyl sites for hydroxylation is 1. The molecule has 6 heteroatoms. The van der Waals surface area contributed by atoms with E-state index >= 15 is 0 Å². The van der Waals surface area contributed by atoms with Crippen molar-refractivity contribution >= 4 is 29.3 Å². The maximum Gasteiger partial charge on any atom is 0.325 e. The minimum absolute atomic E-state index is 0.0256. The third kappa shape index (κ3) is 4.16. The van der Waals surface area contributed by atoms with Gasteiger partial charge in [-0.15, -0.1) is 11.3 Å². The number of carbonyl (C=O) groups excluding carboxylic acids is 2. The zero-order valence-corrected chi connectivity index (χ0v) is 12.5. The normalized spacial score (nSPS) is 14.5. The Morgan fingerprint density at radius 3 is 2.85 bits per heavy atom. The second kappa shape index (κ2) is 6.65. The van der Waals surface area contributed by atoms with Gasteiger partial charge in [0, 0.05) is 17.5 Å². The molecule has 0 radical (unpaired) electrons. The van der Waals surface area contributed by atoms with E-state index in [1.807, 2.05) is 12.3 Å². The lowest BCUT2D eigenvalue weighted by molar-refractivity contribution is -0.148. The van der Waals surface area contributed by atoms with Crippen LogP contribution in [0.5, 0.6) is 0 Å². The topological polar surface area (TPSA) is 59.5 Å². The third-order valence-corrected chi connectivity index (χ3v) is 3.70. The van der Waals surface area contributed by atoms with Crippen molar-refractivity contribution in [2.24, 2.45) is 0 Å². The van der Waals surface area contributed by atoms with E-state index in [9.17, 15) is 9.59 Å². The van der Waals surface area contributed by atoms with Crippen LogP contribution in [0.2, 0.25) is 0 Å². The average molecular weight is 294 g/mol. The van der Waals surface area contributed by atoms with Crippen molar-refractivity contribution in [1.82, 2.24) is 9.88 Å². The first-order chi connectivity index (χ1) is 9.60. The summed E-state index contributed by atoms with van der Waals surface area (Å²) in [6.07, 6.45) is 5.07. The van der Waals surface area contributed by atoms with E-state index in [0.29, 0.717) is 6.61 Å². The fourth-order valence-corrected chi connectivity index (χ4v) is 2.41. The van der Waals surface area contributed by atoms with Crippen LogP contribution in [0.4, 0.5) is 0 Å². The van der Waals surface area contributed by atoms with Gasteiger partial charge in [0.25, 0.3) is 0 Å². The van der Waals surface area contributed by atoms with Crippen LogP contribution < -0.4 is 0 Å². The van der Waals surface area contributed by atoms with Crippen LogP contribution in [0.15, 0.2) is 11.5 Å². The number of aromatic nitrogens is 1. The molecule has 0 unspecified atom stereocenters. The highest BCUT2D eigenvalue weighted by atomic mass is 32.1. The minimum Gasteiger partial charge on any atom is -0.465 e. The van der Waals surface area contributed by atoms with Crippen molar-refractivity contribution in [1.29, 1.82) is 0 Å². The summed E-state index contributed by atoms with van der Waals surface area (Å²) in [6.45, 7) is 4.03. The van der Waals surface area contributed by atoms with Crippen LogP contribution in [0.25, 0.3) is 6.08 Å². The predicted octanol–water partition coefficient (Wildman–Crippen LogP) is 2.02. The lowest BCUT2D eigenvalue weighted by Crippen LogP contribution is -2.37. The van der Waals surface area contributed by atoms with Gasteiger partial charge in [-0.25, -0.2) is 4.98 Å². The molecule has 1 fully saturated rings. The number of rotatable bonds is 6. The van der Waals surface area contributed by atoms with E-state index in [-0.39, 0.29) is 24.5 Å². The minimum atomic E-state index is -0.356. The van der Waals surface area contributed by atoms with Crippen molar-refractivity contribution in [3.05, 3.63) is 22.2 Å². The van der Waals surface area contributed by atoms with Gasteiger partial charge in [-0.05, 0) is 32.8 Å². The SMILES string of the molecule is CCOC(=O)CN(C(=O)C=Cc1csc(C)n1)C1CC1. The molecule has 0 bridgehead atoms. The van der Waals surface area contributed by atoms with Crippen molar-refractivity contribution in [2.45, 2.75) is 32.7 Å². The maximum atomic E-state index is 12.2. The van der Waals surface area contributed by atoms with Crippen LogP contribution in [0.3, 0.4) is 0 Å². The predicted molar refractivity (Wildman–Crippen MR) is 77.3 cm³/mol. The highest BCUT2D eigenvalue weighted by Crippen LogP contribution is 2.27. The van der Waals surface area contributed by atoms with Gasteiger partial charge in [0.15, 0.2) is 0 Å². The zero-order chi connectivity index (χ0) is 14.5. The molecule has 1 aromatic heterocycles. The fraction of sp³-hybridized carbons (Fsp3) is 0.500. The van der Waals surface area contributed by atoms with Crippen LogP contribution in [-0.2, 0) is 14.3 Å². The van der Waals surface area contributed by atoms with E-state index in [1.165, 1.54) is 17.4 Å². The van der Waals surface area contributed by atoms with E-state index < -0.39 is 0 Å². The van der Waals surface area contributed by atoms with Gasteiger partial charge in [-0.3, -0.25) is 9.59 Å². The molecule has 20 heavy (non-hydrogen) atoms. The molecule has 0 aliphatic heterocycles. The first-order valence-electron chi connectivity index (χ1n) is 6.66. The molecule has 1 heterocycles. The summed E-state index contributed by atoms with van der Waals surface area (Å²) >= 11 is 1.54. The molecule has 0 aromatic carbocycles. The van der Waals surface area contributed by atoms with E-state index in [2.05, 4.69) is 4.98 Å². The average Bonchev–Trinajstić information content (AvgIpc) is 3.16. The van der Waals surface area contributed by atoms with E-state index in [4.69, 9.17) is 4.74 Å². The quantitative estimate of drug-likeness (QED) is 0.595. The third-order valence-electron chi connectivity index (χ3n) is 2.91. The fourth-order valence-electron chi connectivity index (χ4n) is 1.83. The van der Waals surface area contributed by atoms with Crippen LogP contribution in [-0.4, -0.2) is 41.0 Å². The molecular weight excluding hydrogens is 276 g/mol. The summed E-state index contributed by atoms with van der Waals surface area (Å²) in [7, 11) is 0. The molecule has 0 N–H and O–H groups in total. The molecule has 1 amide bonds. The molecule has 0 saturated heterocycles. The molecule has 0 atom stereocenters. The van der Waals surface area contributed by atoms with Crippen LogP contribution in [0.1, 0.15) is 30.5 Å². The number of esters is 1. The summed E-state index contributed by atoms with van der Waals surface area (Å²) in [5.74, 6) is -0.517. The van der Waals surface area contributed by atoms with Crippen molar-refractivity contribution in [3.8, 4) is 0 Å². The maximum absolute atomic E-state index is 12.2. The number of thiazole rings is 1. The second-order valence-corrected chi connectivity index (χ2v) is 5.69. The number of carbonyl (C=O) groups is 2. The molecule has 2 rings (SSSR count). The Balaban J connectivity index is 1.96. The molecule has 1 saturated carbocycles. The van der Waals surface area contributed by atoms with E-state index in [1.54, 1.807) is 17.9 Å². The summed E-state index contributed by atoms with van der Waals surface area (Å²) in [4.78, 5) is 29.5. The number of hydrogen-bond donors (Lipinski definition) is 0. The van der Waals surface area contributed by atoms with Gasteiger partial charge >= 0.3 is 5.97 Å². The smallest absolute Gasteiger partial charge is 0.325 e. The Morgan fingerprint density at radius 1 is 1.55 bits per heavy atom. The molecule has 1 aliphatic rings. The van der Waals surface area contributed by atoms with Crippen molar-refractivity contribution in [3.63, 3.8) is 0 Å². The second-order valence-electron chi connectivity index (χ2n) is 4.63. The Hall–Kier alpha value is -1.69. The summed E-state index contributed by atoms with van der Waals surface area (Å²) in [5, 5.41) is 2.86. The largest absolute Gasteiger partial charge is 0.465 e. The monoisotopic (exact) mass is 294 g/mol. The van der Waals surface area contributed by atoms with Crippen LogP contribution in [0, 0.1) is 6.92 Å². The molecular formula is C14H18N2O3S. The Bertz CT molecular complexity index is 520. The molecule has 5 nitrogen and oxygen atoms in total. The molecule has 1 aromatic rings. The van der Waals surface area contributed by atoms with E-state index in [0.717, 1.165) is 23.5 Å². The number of ether oxygens (including phenoxy) is 1. The van der Waals surface area contributed by atoms with Crippen molar-refractivity contribution < 1.29 is 14.3 Å². The molecule has 0 spiro atoms. The van der Waals surface area contributed by atoms with Gasteiger partial charge in [-0.1, -0.05) is 0 Å². The molecule has 108 valence electrons. The van der Waals surface area contributed by atoms with Gasteiger partial charge in [0.1, 0.15) is 6.54 Å². The van der Waals surface area contributed by atoms with Gasteiger partial charge in [0.2, 0.25) is 5.91 Å². The molecule has 1 aliphatic carbocycles. The number of nitrogens with zero attached hydrogens (tertiary/aromatic N) is 2. The van der Waals surface area contributed by atoms with Crippen LogP contribution >= 0.6 is 11.3 Å². The Kier molecular flexibility index (Phi) is 4.89. The highest BCUT2D eigenvalue weighted by Gasteiger charge is 2.33. The highest BCUT2D eigenvalue weighted by molar-refractivity contribution is 7.09. The summed E-state index contributed by atoms with van der Waals surface area (Å²) < 4.78 is 4.90.